The normalized spacial score (nSPS) is 9.94. The van der Waals surface area contributed by atoms with Crippen LogP contribution in [0.1, 0.15) is 36.2 Å². The molecule has 0 aromatic carbocycles. The van der Waals surface area contributed by atoms with Crippen LogP contribution in [0, 0.1) is 0 Å². The second kappa shape index (κ2) is 7.78. The lowest BCUT2D eigenvalue weighted by Gasteiger charge is -2.03. The Kier molecular flexibility index (Phi) is 6.24. The highest BCUT2D eigenvalue weighted by Gasteiger charge is 2.05. The Labute approximate surface area is 104 Å². The van der Waals surface area contributed by atoms with Gasteiger partial charge in [-0.3, -0.25) is 9.59 Å². The lowest BCUT2D eigenvalue weighted by atomic mass is 10.2. The lowest BCUT2D eigenvalue weighted by molar-refractivity contribution is -0.140. The summed E-state index contributed by atoms with van der Waals surface area (Å²) in [5.74, 6) is -0.323. The molecule has 0 aliphatic heterocycles. The molecule has 1 aromatic heterocycles. The number of methoxy groups -OCH3 is 1. The summed E-state index contributed by atoms with van der Waals surface area (Å²) in [6, 6.07) is 0. The summed E-state index contributed by atoms with van der Waals surface area (Å²) in [7, 11) is 1.39. The molecule has 0 aliphatic carbocycles. The standard InChI is InChI=1S/C11H16N2O3S/c1-16-10(14)5-3-2-4-6-12-11(15)9-7-17-8-13-9/h7-8H,2-6H2,1H3,(H,12,15). The van der Waals surface area contributed by atoms with Crippen LogP contribution in [-0.2, 0) is 9.53 Å². The van der Waals surface area contributed by atoms with E-state index in [1.807, 2.05) is 0 Å². The fourth-order valence-corrected chi connectivity index (χ4v) is 1.82. The van der Waals surface area contributed by atoms with E-state index in [1.54, 1.807) is 10.9 Å². The van der Waals surface area contributed by atoms with Crippen LogP contribution in [0.25, 0.3) is 0 Å². The maximum Gasteiger partial charge on any atom is 0.305 e. The van der Waals surface area contributed by atoms with Crippen molar-refractivity contribution in [2.24, 2.45) is 0 Å². The Bertz CT molecular complexity index is 352. The van der Waals surface area contributed by atoms with Gasteiger partial charge in [0.2, 0.25) is 0 Å². The summed E-state index contributed by atoms with van der Waals surface area (Å²) >= 11 is 1.40. The number of aromatic nitrogens is 1. The van der Waals surface area contributed by atoms with Crippen LogP contribution in [0.15, 0.2) is 10.9 Å². The molecule has 17 heavy (non-hydrogen) atoms. The van der Waals surface area contributed by atoms with Gasteiger partial charge in [-0.15, -0.1) is 11.3 Å². The molecule has 0 fully saturated rings. The van der Waals surface area contributed by atoms with Gasteiger partial charge in [-0.2, -0.15) is 0 Å². The van der Waals surface area contributed by atoms with E-state index >= 15 is 0 Å². The Morgan fingerprint density at radius 3 is 2.88 bits per heavy atom. The molecule has 0 radical (unpaired) electrons. The molecule has 0 unspecified atom stereocenters. The van der Waals surface area contributed by atoms with Crippen molar-refractivity contribution in [3.63, 3.8) is 0 Å². The zero-order chi connectivity index (χ0) is 12.5. The molecule has 1 heterocycles. The van der Waals surface area contributed by atoms with E-state index < -0.39 is 0 Å². The van der Waals surface area contributed by atoms with E-state index in [1.165, 1.54) is 18.4 Å². The average molecular weight is 256 g/mol. The number of hydrogen-bond donors (Lipinski definition) is 1. The summed E-state index contributed by atoms with van der Waals surface area (Å²) in [6.07, 6.45) is 2.98. The summed E-state index contributed by atoms with van der Waals surface area (Å²) in [6.45, 7) is 0.609. The van der Waals surface area contributed by atoms with Crippen LogP contribution in [0.2, 0.25) is 0 Å². The number of hydrogen-bond acceptors (Lipinski definition) is 5. The number of nitrogens with one attached hydrogen (secondary N) is 1. The molecule has 0 spiro atoms. The smallest absolute Gasteiger partial charge is 0.305 e. The van der Waals surface area contributed by atoms with Gasteiger partial charge in [0.05, 0.1) is 12.6 Å². The number of unbranched alkanes of at least 4 members (excludes halogenated alkanes) is 2. The summed E-state index contributed by atoms with van der Waals surface area (Å²) < 4.78 is 4.53. The van der Waals surface area contributed by atoms with Crippen LogP contribution in [0.5, 0.6) is 0 Å². The molecule has 94 valence electrons. The van der Waals surface area contributed by atoms with Crippen molar-refractivity contribution in [2.45, 2.75) is 25.7 Å². The van der Waals surface area contributed by atoms with Gasteiger partial charge in [-0.25, -0.2) is 4.98 Å². The van der Waals surface area contributed by atoms with Crippen molar-refractivity contribution in [2.75, 3.05) is 13.7 Å². The molecule has 1 amide bonds. The first-order chi connectivity index (χ1) is 8.24. The number of carbonyl (C=O) groups excluding carboxylic acids is 2. The largest absolute Gasteiger partial charge is 0.469 e. The molecule has 0 aliphatic rings. The number of rotatable bonds is 7. The monoisotopic (exact) mass is 256 g/mol. The van der Waals surface area contributed by atoms with E-state index in [2.05, 4.69) is 15.0 Å². The summed E-state index contributed by atoms with van der Waals surface area (Å²) in [5, 5.41) is 4.49. The van der Waals surface area contributed by atoms with Crippen molar-refractivity contribution in [1.29, 1.82) is 0 Å². The number of nitrogens with zero attached hydrogens (tertiary/aromatic N) is 1. The highest BCUT2D eigenvalue weighted by atomic mass is 32.1. The third-order valence-electron chi connectivity index (χ3n) is 2.24. The average Bonchev–Trinajstić information content (AvgIpc) is 2.86. The van der Waals surface area contributed by atoms with Gasteiger partial charge in [0.15, 0.2) is 0 Å². The zero-order valence-electron chi connectivity index (χ0n) is 9.77. The van der Waals surface area contributed by atoms with Crippen molar-refractivity contribution in [1.82, 2.24) is 10.3 Å². The molecular weight excluding hydrogens is 240 g/mol. The van der Waals surface area contributed by atoms with Crippen LogP contribution >= 0.6 is 11.3 Å². The molecule has 6 heteroatoms. The predicted molar refractivity (Wildman–Crippen MR) is 64.9 cm³/mol. The molecule has 1 aromatic rings. The molecule has 0 saturated carbocycles. The number of thiazole rings is 1. The van der Waals surface area contributed by atoms with Gasteiger partial charge in [-0.05, 0) is 12.8 Å². The fourth-order valence-electron chi connectivity index (χ4n) is 1.29. The number of amides is 1. The van der Waals surface area contributed by atoms with Crippen LogP contribution in [-0.4, -0.2) is 30.5 Å². The fraction of sp³-hybridized carbons (Fsp3) is 0.545. The molecule has 1 rings (SSSR count). The first kappa shape index (κ1) is 13.6. The summed E-state index contributed by atoms with van der Waals surface area (Å²) in [4.78, 5) is 26.2. The van der Waals surface area contributed by atoms with Gasteiger partial charge in [0, 0.05) is 18.3 Å². The minimum absolute atomic E-state index is 0.140. The molecule has 0 saturated heterocycles. The summed E-state index contributed by atoms with van der Waals surface area (Å²) in [5.41, 5.74) is 2.09. The second-order valence-corrected chi connectivity index (χ2v) is 4.24. The third-order valence-corrected chi connectivity index (χ3v) is 2.82. The Hall–Kier alpha value is -1.43. The Morgan fingerprint density at radius 2 is 2.24 bits per heavy atom. The highest BCUT2D eigenvalue weighted by Crippen LogP contribution is 2.02. The molecular formula is C11H16N2O3S. The number of esters is 1. The third kappa shape index (κ3) is 5.44. The van der Waals surface area contributed by atoms with Crippen molar-refractivity contribution >= 4 is 23.2 Å². The van der Waals surface area contributed by atoms with Gasteiger partial charge in [-0.1, -0.05) is 6.42 Å². The number of ether oxygens (including phenoxy) is 1. The lowest BCUT2D eigenvalue weighted by Crippen LogP contribution is -2.24. The van der Waals surface area contributed by atoms with Crippen LogP contribution in [0.3, 0.4) is 0 Å². The van der Waals surface area contributed by atoms with Crippen LogP contribution < -0.4 is 5.32 Å². The maximum atomic E-state index is 11.5. The van der Waals surface area contributed by atoms with E-state index in [0.29, 0.717) is 18.7 Å². The Morgan fingerprint density at radius 1 is 1.41 bits per heavy atom. The highest BCUT2D eigenvalue weighted by molar-refractivity contribution is 7.07. The van der Waals surface area contributed by atoms with Crippen molar-refractivity contribution in [3.05, 3.63) is 16.6 Å². The maximum absolute atomic E-state index is 11.5. The topological polar surface area (TPSA) is 68.3 Å². The van der Waals surface area contributed by atoms with Gasteiger partial charge < -0.3 is 10.1 Å². The SMILES string of the molecule is COC(=O)CCCCCNC(=O)c1cscn1. The molecule has 0 atom stereocenters. The van der Waals surface area contributed by atoms with E-state index in [-0.39, 0.29) is 11.9 Å². The number of carbonyl (C=O) groups is 2. The first-order valence-corrected chi connectivity index (χ1v) is 6.41. The van der Waals surface area contributed by atoms with Crippen molar-refractivity contribution < 1.29 is 14.3 Å². The van der Waals surface area contributed by atoms with Gasteiger partial charge in [0.25, 0.3) is 5.91 Å². The molecule has 5 nitrogen and oxygen atoms in total. The molecule has 0 bridgehead atoms. The van der Waals surface area contributed by atoms with Gasteiger partial charge >= 0.3 is 5.97 Å². The minimum Gasteiger partial charge on any atom is -0.469 e. The predicted octanol–water partition coefficient (Wildman–Crippen LogP) is 1.61. The second-order valence-electron chi connectivity index (χ2n) is 3.52. The van der Waals surface area contributed by atoms with E-state index in [4.69, 9.17) is 0 Å². The quantitative estimate of drug-likeness (QED) is 0.594. The van der Waals surface area contributed by atoms with Gasteiger partial charge in [0.1, 0.15) is 5.69 Å². The van der Waals surface area contributed by atoms with Crippen molar-refractivity contribution in [3.8, 4) is 0 Å². The Balaban J connectivity index is 2.01. The van der Waals surface area contributed by atoms with Crippen LogP contribution in [0.4, 0.5) is 0 Å². The minimum atomic E-state index is -0.184. The molecule has 1 N–H and O–H groups in total. The zero-order valence-corrected chi connectivity index (χ0v) is 10.6. The van der Waals surface area contributed by atoms with E-state index in [0.717, 1.165) is 19.3 Å². The van der Waals surface area contributed by atoms with E-state index in [9.17, 15) is 9.59 Å². The first-order valence-electron chi connectivity index (χ1n) is 5.47.